The van der Waals surface area contributed by atoms with Crippen LogP contribution in [0.3, 0.4) is 0 Å². The third-order valence-corrected chi connectivity index (χ3v) is 4.42. The summed E-state index contributed by atoms with van der Waals surface area (Å²) < 4.78 is 77.5. The summed E-state index contributed by atoms with van der Waals surface area (Å²) in [6.07, 6.45) is -8.61. The molecule has 27 heavy (non-hydrogen) atoms. The normalized spacial score (nSPS) is 16.2. The summed E-state index contributed by atoms with van der Waals surface area (Å²) in [5.41, 5.74) is -3.53. The zero-order chi connectivity index (χ0) is 19.5. The van der Waals surface area contributed by atoms with E-state index in [1.54, 1.807) is 0 Å². The summed E-state index contributed by atoms with van der Waals surface area (Å²) in [4.78, 5) is 13.8. The summed E-state index contributed by atoms with van der Waals surface area (Å²) in [6.45, 7) is 4.17. The van der Waals surface area contributed by atoms with E-state index in [1.165, 1.54) is 4.90 Å². The number of nitrogens with zero attached hydrogens (tertiary/aromatic N) is 1. The molecule has 0 aromatic heterocycles. The molecular formula is C17H21ClF6N2O. The number of carbonyl (C=O) groups excluding carboxylic acids is 1. The number of likely N-dealkylation sites (tertiary alicyclic amines) is 1. The van der Waals surface area contributed by atoms with Crippen LogP contribution in [0.4, 0.5) is 26.3 Å². The van der Waals surface area contributed by atoms with Crippen LogP contribution in [0.1, 0.15) is 41.3 Å². The Bertz CT molecular complexity index is 607. The van der Waals surface area contributed by atoms with E-state index in [9.17, 15) is 31.1 Å². The topological polar surface area (TPSA) is 32.3 Å². The Kier molecular flexibility index (Phi) is 7.98. The van der Waals surface area contributed by atoms with Crippen LogP contribution in [0.25, 0.3) is 0 Å². The molecule has 3 nitrogen and oxygen atoms in total. The second-order valence-electron chi connectivity index (χ2n) is 6.34. The molecule has 0 bridgehead atoms. The Morgan fingerprint density at radius 3 is 1.93 bits per heavy atom. The van der Waals surface area contributed by atoms with Gasteiger partial charge in [-0.05, 0) is 50.0 Å². The lowest BCUT2D eigenvalue weighted by Crippen LogP contribution is -2.41. The minimum absolute atomic E-state index is 0. The molecular weight excluding hydrogens is 398 g/mol. The molecule has 1 aliphatic rings. The molecule has 1 N–H and O–H groups in total. The average Bonchev–Trinajstić information content (AvgIpc) is 2.58. The van der Waals surface area contributed by atoms with Gasteiger partial charge < -0.3 is 10.2 Å². The van der Waals surface area contributed by atoms with Gasteiger partial charge in [0.2, 0.25) is 0 Å². The molecule has 154 valence electrons. The van der Waals surface area contributed by atoms with Crippen LogP contribution in [0, 0.1) is 5.92 Å². The number of hydrogen-bond donors (Lipinski definition) is 1. The highest BCUT2D eigenvalue weighted by Crippen LogP contribution is 2.36. The van der Waals surface area contributed by atoms with E-state index in [0.29, 0.717) is 44.0 Å². The minimum Gasteiger partial charge on any atom is -0.339 e. The molecule has 10 heteroatoms. The SMILES string of the molecule is CCNCC1CCN(C(=O)c2cc(C(F)(F)F)cc(C(F)(F)F)c2)CC1.Cl. The zero-order valence-corrected chi connectivity index (χ0v) is 15.4. The first-order chi connectivity index (χ1) is 12.0. The maximum Gasteiger partial charge on any atom is 0.416 e. The fourth-order valence-corrected chi connectivity index (χ4v) is 2.95. The van der Waals surface area contributed by atoms with Crippen LogP contribution < -0.4 is 5.32 Å². The van der Waals surface area contributed by atoms with Gasteiger partial charge in [-0.15, -0.1) is 12.4 Å². The molecule has 1 amide bonds. The Morgan fingerprint density at radius 2 is 1.52 bits per heavy atom. The van der Waals surface area contributed by atoms with Gasteiger partial charge in [-0.25, -0.2) is 0 Å². The summed E-state index contributed by atoms with van der Waals surface area (Å²) in [5, 5.41) is 3.19. The van der Waals surface area contributed by atoms with Crippen LogP contribution >= 0.6 is 12.4 Å². The largest absolute Gasteiger partial charge is 0.416 e. The van der Waals surface area contributed by atoms with Crippen LogP contribution in [0.15, 0.2) is 18.2 Å². The van der Waals surface area contributed by atoms with Crippen molar-refractivity contribution in [3.05, 3.63) is 34.9 Å². The standard InChI is InChI=1S/C17H20F6N2O.ClH/c1-2-24-10-11-3-5-25(6-4-11)15(26)12-7-13(16(18,19)20)9-14(8-12)17(21,22)23;/h7-9,11,24H,2-6,10H2,1H3;1H. The molecule has 0 aliphatic carbocycles. The lowest BCUT2D eigenvalue weighted by atomic mass is 9.95. The quantitative estimate of drug-likeness (QED) is 0.724. The van der Waals surface area contributed by atoms with Crippen molar-refractivity contribution >= 4 is 18.3 Å². The van der Waals surface area contributed by atoms with Gasteiger partial charge in [-0.2, -0.15) is 26.3 Å². The Hall–Kier alpha value is -1.48. The fourth-order valence-electron chi connectivity index (χ4n) is 2.95. The number of rotatable bonds is 4. The fraction of sp³-hybridized carbons (Fsp3) is 0.588. The van der Waals surface area contributed by atoms with Crippen molar-refractivity contribution in [2.24, 2.45) is 5.92 Å². The lowest BCUT2D eigenvalue weighted by Gasteiger charge is -2.32. The number of carbonyl (C=O) groups is 1. The third kappa shape index (κ3) is 6.27. The van der Waals surface area contributed by atoms with Gasteiger partial charge in [0.25, 0.3) is 5.91 Å². The van der Waals surface area contributed by atoms with Crippen molar-refractivity contribution in [3.63, 3.8) is 0 Å². The van der Waals surface area contributed by atoms with Crippen molar-refractivity contribution in [1.82, 2.24) is 10.2 Å². The molecule has 1 aromatic rings. The van der Waals surface area contributed by atoms with E-state index in [-0.39, 0.29) is 18.5 Å². The number of benzene rings is 1. The third-order valence-electron chi connectivity index (χ3n) is 4.42. The molecule has 0 radical (unpaired) electrons. The molecule has 1 aromatic carbocycles. The van der Waals surface area contributed by atoms with E-state index < -0.39 is 35.0 Å². The molecule has 1 saturated heterocycles. The number of amides is 1. The summed E-state index contributed by atoms with van der Waals surface area (Å²) in [5.74, 6) is -0.463. The highest BCUT2D eigenvalue weighted by atomic mass is 35.5. The summed E-state index contributed by atoms with van der Waals surface area (Å²) in [7, 11) is 0. The van der Waals surface area contributed by atoms with Crippen LogP contribution in [-0.2, 0) is 12.4 Å². The number of alkyl halides is 6. The zero-order valence-electron chi connectivity index (χ0n) is 14.6. The van der Waals surface area contributed by atoms with E-state index in [0.717, 1.165) is 13.1 Å². The average molecular weight is 419 g/mol. The maximum atomic E-state index is 12.9. The Morgan fingerprint density at radius 1 is 1.04 bits per heavy atom. The van der Waals surface area contributed by atoms with Crippen LogP contribution in [0.2, 0.25) is 0 Å². The number of piperidine rings is 1. The van der Waals surface area contributed by atoms with Crippen molar-refractivity contribution in [2.75, 3.05) is 26.2 Å². The van der Waals surface area contributed by atoms with E-state index in [2.05, 4.69) is 5.32 Å². The Labute approximate surface area is 159 Å². The van der Waals surface area contributed by atoms with E-state index in [4.69, 9.17) is 0 Å². The van der Waals surface area contributed by atoms with Crippen molar-refractivity contribution in [3.8, 4) is 0 Å². The molecule has 0 spiro atoms. The maximum absolute atomic E-state index is 12.9. The first kappa shape index (κ1) is 23.6. The molecule has 0 saturated carbocycles. The molecule has 0 unspecified atom stereocenters. The molecule has 2 rings (SSSR count). The van der Waals surface area contributed by atoms with Gasteiger partial charge in [-0.1, -0.05) is 6.92 Å². The number of halogens is 7. The molecule has 0 atom stereocenters. The van der Waals surface area contributed by atoms with Crippen molar-refractivity contribution in [1.29, 1.82) is 0 Å². The summed E-state index contributed by atoms with van der Waals surface area (Å²) in [6, 6.07) is 1.00. The Balaban J connectivity index is 0.00000364. The molecule has 1 heterocycles. The highest BCUT2D eigenvalue weighted by molar-refractivity contribution is 5.94. The van der Waals surface area contributed by atoms with Gasteiger partial charge in [0, 0.05) is 18.7 Å². The lowest BCUT2D eigenvalue weighted by molar-refractivity contribution is -0.143. The van der Waals surface area contributed by atoms with Gasteiger partial charge in [0.1, 0.15) is 0 Å². The predicted molar refractivity (Wildman–Crippen MR) is 90.9 cm³/mol. The summed E-state index contributed by atoms with van der Waals surface area (Å²) >= 11 is 0. The van der Waals surface area contributed by atoms with Gasteiger partial charge in [0.05, 0.1) is 11.1 Å². The number of nitrogens with one attached hydrogen (secondary N) is 1. The monoisotopic (exact) mass is 418 g/mol. The smallest absolute Gasteiger partial charge is 0.339 e. The second-order valence-corrected chi connectivity index (χ2v) is 6.34. The van der Waals surface area contributed by atoms with Crippen LogP contribution in [0.5, 0.6) is 0 Å². The molecule has 1 fully saturated rings. The highest BCUT2D eigenvalue weighted by Gasteiger charge is 2.38. The number of hydrogen-bond acceptors (Lipinski definition) is 2. The van der Waals surface area contributed by atoms with Gasteiger partial charge in [-0.3, -0.25) is 4.79 Å². The van der Waals surface area contributed by atoms with E-state index >= 15 is 0 Å². The van der Waals surface area contributed by atoms with Crippen molar-refractivity contribution in [2.45, 2.75) is 32.1 Å². The van der Waals surface area contributed by atoms with Gasteiger partial charge >= 0.3 is 12.4 Å². The second kappa shape index (κ2) is 9.14. The van der Waals surface area contributed by atoms with Crippen LogP contribution in [-0.4, -0.2) is 37.0 Å². The predicted octanol–water partition coefficient (Wildman–Crippen LogP) is 4.61. The van der Waals surface area contributed by atoms with Gasteiger partial charge in [0.15, 0.2) is 0 Å². The first-order valence-electron chi connectivity index (χ1n) is 8.32. The van der Waals surface area contributed by atoms with E-state index in [1.807, 2.05) is 6.92 Å². The minimum atomic E-state index is -4.96. The first-order valence-corrected chi connectivity index (χ1v) is 8.32. The van der Waals surface area contributed by atoms with Crippen molar-refractivity contribution < 1.29 is 31.1 Å². The molecule has 1 aliphatic heterocycles.